The van der Waals surface area contributed by atoms with Crippen LogP contribution in [-0.4, -0.2) is 18.4 Å². The highest BCUT2D eigenvalue weighted by Crippen LogP contribution is 2.33. The zero-order valence-corrected chi connectivity index (χ0v) is 10.4. The van der Waals surface area contributed by atoms with Crippen molar-refractivity contribution in [3.05, 3.63) is 28.4 Å². The molecule has 1 heterocycles. The van der Waals surface area contributed by atoms with Gasteiger partial charge in [-0.25, -0.2) is 9.98 Å². The fraction of sp³-hybridized carbons (Fsp3) is 0.333. The smallest absolute Gasteiger partial charge is 0.385 e. The lowest BCUT2D eigenvalue weighted by molar-refractivity contribution is -0.137. The number of alkyl halides is 3. The predicted octanol–water partition coefficient (Wildman–Crippen LogP) is 0.833. The topological polar surface area (TPSA) is 70.9 Å². The lowest BCUT2D eigenvalue weighted by Gasteiger charge is -2.14. The van der Waals surface area contributed by atoms with Crippen LogP contribution in [0.15, 0.2) is 22.1 Å². The number of hydrogen-bond donors (Lipinski definition) is 1. The Balaban J connectivity index is 2.67. The Hall–Kier alpha value is -2.25. The van der Waals surface area contributed by atoms with Crippen molar-refractivity contribution in [1.29, 1.82) is 0 Å². The summed E-state index contributed by atoms with van der Waals surface area (Å²) in [7, 11) is 0. The van der Waals surface area contributed by atoms with Crippen LogP contribution in [0.1, 0.15) is 18.9 Å². The van der Waals surface area contributed by atoms with Crippen LogP contribution in [0.4, 0.5) is 18.9 Å². The van der Waals surface area contributed by atoms with Crippen LogP contribution in [0.3, 0.4) is 0 Å². The summed E-state index contributed by atoms with van der Waals surface area (Å²) >= 11 is 0. The molecule has 1 aromatic rings. The maximum atomic E-state index is 13.0. The number of fused-ring (bicyclic) bond motifs is 1. The Morgan fingerprint density at radius 2 is 1.65 bits per heavy atom. The minimum absolute atomic E-state index is 0.0406. The van der Waals surface area contributed by atoms with E-state index in [1.165, 1.54) is 0 Å². The lowest BCUT2D eigenvalue weighted by Crippen LogP contribution is -2.36. The van der Waals surface area contributed by atoms with Gasteiger partial charge < -0.3 is 5.32 Å². The van der Waals surface area contributed by atoms with Crippen molar-refractivity contribution in [1.82, 2.24) is 0 Å². The van der Waals surface area contributed by atoms with Gasteiger partial charge in [0.05, 0.1) is 16.3 Å². The molecular formula is C12H10F3N3O2. The van der Waals surface area contributed by atoms with Gasteiger partial charge in [-0.1, -0.05) is 6.92 Å². The van der Waals surface area contributed by atoms with E-state index >= 15 is 0 Å². The van der Waals surface area contributed by atoms with Crippen LogP contribution < -0.4 is 16.0 Å². The van der Waals surface area contributed by atoms with Gasteiger partial charge in [0, 0.05) is 12.2 Å². The van der Waals surface area contributed by atoms with Crippen molar-refractivity contribution in [2.24, 2.45) is 9.98 Å². The number of anilines is 1. The van der Waals surface area contributed by atoms with E-state index in [-0.39, 0.29) is 16.4 Å². The second-order valence-electron chi connectivity index (χ2n) is 4.14. The van der Waals surface area contributed by atoms with Crippen molar-refractivity contribution in [3.63, 3.8) is 0 Å². The molecule has 0 bridgehead atoms. The molecule has 5 nitrogen and oxygen atoms in total. The molecule has 1 aliphatic rings. The minimum atomic E-state index is -4.59. The fourth-order valence-corrected chi connectivity index (χ4v) is 1.71. The van der Waals surface area contributed by atoms with Crippen molar-refractivity contribution in [2.75, 3.05) is 11.9 Å². The first-order valence-corrected chi connectivity index (χ1v) is 5.83. The second kappa shape index (κ2) is 5.03. The third kappa shape index (κ3) is 2.68. The molecule has 8 heteroatoms. The highest BCUT2D eigenvalue weighted by atomic mass is 19.4. The molecular weight excluding hydrogens is 275 g/mol. The average molecular weight is 285 g/mol. The molecule has 2 rings (SSSR count). The fourth-order valence-electron chi connectivity index (χ4n) is 1.71. The molecule has 0 fully saturated rings. The standard InChI is InChI=1S/C12H10F3N3O2/c1-2-3-16-7-5-9-8(4-6(7)12(13,14)15)17-10(19)11(20)18-9/h4-5,16H,2-3H2,1H3. The van der Waals surface area contributed by atoms with E-state index in [1.807, 2.05) is 0 Å². The number of amides is 2. The first kappa shape index (κ1) is 14.2. The number of rotatable bonds is 3. The van der Waals surface area contributed by atoms with E-state index in [9.17, 15) is 22.8 Å². The Morgan fingerprint density at radius 3 is 2.15 bits per heavy atom. The third-order valence-electron chi connectivity index (χ3n) is 2.61. The van der Waals surface area contributed by atoms with Gasteiger partial charge in [-0.3, -0.25) is 9.59 Å². The van der Waals surface area contributed by atoms with Crippen molar-refractivity contribution in [2.45, 2.75) is 19.5 Å². The molecule has 2 amide bonds. The molecule has 1 aromatic carbocycles. The van der Waals surface area contributed by atoms with Crippen molar-refractivity contribution < 1.29 is 22.8 Å². The Bertz CT molecular complexity index is 695. The van der Waals surface area contributed by atoms with Crippen molar-refractivity contribution >= 4 is 17.5 Å². The first-order chi connectivity index (χ1) is 9.32. The van der Waals surface area contributed by atoms with Crippen LogP contribution in [-0.2, 0) is 15.8 Å². The Kier molecular flexibility index (Phi) is 3.56. The molecule has 0 unspecified atom stereocenters. The summed E-state index contributed by atoms with van der Waals surface area (Å²) in [4.78, 5) is 28.9. The highest BCUT2D eigenvalue weighted by molar-refractivity contribution is 6.36. The SMILES string of the molecule is CCCNc1cc2c(cc1C(F)(F)F)=NC(=O)C(=O)N=2. The monoisotopic (exact) mass is 285 g/mol. The molecule has 0 radical (unpaired) electrons. The van der Waals surface area contributed by atoms with Gasteiger partial charge in [-0.05, 0) is 18.6 Å². The van der Waals surface area contributed by atoms with Crippen LogP contribution in [0, 0.1) is 0 Å². The molecule has 0 saturated carbocycles. The van der Waals surface area contributed by atoms with Gasteiger partial charge in [0.15, 0.2) is 0 Å². The zero-order valence-electron chi connectivity index (χ0n) is 10.4. The van der Waals surface area contributed by atoms with E-state index < -0.39 is 23.6 Å². The predicted molar refractivity (Wildman–Crippen MR) is 62.6 cm³/mol. The van der Waals surface area contributed by atoms with Crippen LogP contribution >= 0.6 is 0 Å². The normalized spacial score (nSPS) is 14.4. The van der Waals surface area contributed by atoms with E-state index in [0.717, 1.165) is 12.1 Å². The van der Waals surface area contributed by atoms with E-state index in [2.05, 4.69) is 15.3 Å². The van der Waals surface area contributed by atoms with Crippen LogP contribution in [0.25, 0.3) is 0 Å². The summed E-state index contributed by atoms with van der Waals surface area (Å²) in [5.41, 5.74) is -1.12. The van der Waals surface area contributed by atoms with Crippen LogP contribution in [0.2, 0.25) is 0 Å². The maximum Gasteiger partial charge on any atom is 0.418 e. The number of carbonyl (C=O) groups is 2. The van der Waals surface area contributed by atoms with Gasteiger partial charge in [-0.15, -0.1) is 0 Å². The summed E-state index contributed by atoms with van der Waals surface area (Å²) in [5.74, 6) is -2.25. The number of hydrogen-bond acceptors (Lipinski definition) is 3. The second-order valence-corrected chi connectivity index (χ2v) is 4.14. The highest BCUT2D eigenvalue weighted by Gasteiger charge is 2.34. The number of benzene rings is 1. The summed E-state index contributed by atoms with van der Waals surface area (Å²) < 4.78 is 38.9. The Labute approximate surface area is 111 Å². The molecule has 0 atom stereocenters. The summed E-state index contributed by atoms with van der Waals surface area (Å²) in [6.07, 6.45) is -3.96. The van der Waals surface area contributed by atoms with Gasteiger partial charge in [0.25, 0.3) is 0 Å². The average Bonchev–Trinajstić information content (AvgIpc) is 2.36. The van der Waals surface area contributed by atoms with Crippen LogP contribution in [0.5, 0.6) is 0 Å². The quantitative estimate of drug-likeness (QED) is 0.836. The number of halogens is 3. The molecule has 0 aromatic heterocycles. The molecule has 1 N–H and O–H groups in total. The number of nitrogens with zero attached hydrogens (tertiary/aromatic N) is 2. The first-order valence-electron chi connectivity index (χ1n) is 5.83. The summed E-state index contributed by atoms with van der Waals surface area (Å²) in [6, 6.07) is 1.81. The third-order valence-corrected chi connectivity index (χ3v) is 2.61. The molecule has 0 aliphatic carbocycles. The van der Waals surface area contributed by atoms with Gasteiger partial charge in [0.1, 0.15) is 0 Å². The summed E-state index contributed by atoms with van der Waals surface area (Å²) in [6.45, 7) is 2.15. The molecule has 1 aliphatic heterocycles. The largest absolute Gasteiger partial charge is 0.418 e. The molecule has 0 spiro atoms. The van der Waals surface area contributed by atoms with Gasteiger partial charge in [0.2, 0.25) is 0 Å². The molecule has 0 saturated heterocycles. The lowest BCUT2D eigenvalue weighted by atomic mass is 10.1. The Morgan fingerprint density at radius 1 is 1.10 bits per heavy atom. The van der Waals surface area contributed by atoms with Gasteiger partial charge in [-0.2, -0.15) is 13.2 Å². The zero-order chi connectivity index (χ0) is 14.9. The molecule has 106 valence electrons. The molecule has 20 heavy (non-hydrogen) atoms. The summed E-state index contributed by atoms with van der Waals surface area (Å²) in [5, 5.41) is 2.34. The van der Waals surface area contributed by atoms with Gasteiger partial charge >= 0.3 is 18.0 Å². The maximum absolute atomic E-state index is 13.0. The number of carbonyl (C=O) groups excluding carboxylic acids is 2. The minimum Gasteiger partial charge on any atom is -0.385 e. The van der Waals surface area contributed by atoms with Crippen molar-refractivity contribution in [3.8, 4) is 0 Å². The van der Waals surface area contributed by atoms with E-state index in [4.69, 9.17) is 0 Å². The van der Waals surface area contributed by atoms with E-state index in [1.54, 1.807) is 6.92 Å². The number of nitrogens with one attached hydrogen (secondary N) is 1. The van der Waals surface area contributed by atoms with E-state index in [0.29, 0.717) is 13.0 Å².